The van der Waals surface area contributed by atoms with Crippen molar-refractivity contribution in [3.05, 3.63) is 0 Å². The van der Waals surface area contributed by atoms with Gasteiger partial charge in [-0.25, -0.2) is 0 Å². The second-order valence-electron chi connectivity index (χ2n) is 0.180. The highest BCUT2D eigenvalue weighted by molar-refractivity contribution is 8.44. The summed E-state index contributed by atoms with van der Waals surface area (Å²) >= 11 is 0.773. The fourth-order valence-electron chi connectivity index (χ4n) is 0. The molecule has 0 fully saturated rings. The molecule has 0 aromatic carbocycles. The molecule has 2 N–H and O–H groups in total. The van der Waals surface area contributed by atoms with E-state index in [1.165, 1.54) is 0 Å². The Hall–Kier alpha value is 0.410. The number of hydrogen-bond donors (Lipinski definition) is 1. The highest BCUT2D eigenvalue weighted by Crippen LogP contribution is 2.04. The SMILES string of the molecule is NSP=O. The van der Waals surface area contributed by atoms with Crippen molar-refractivity contribution in [2.24, 2.45) is 5.14 Å². The quantitative estimate of drug-likeness (QED) is 0.387. The van der Waals surface area contributed by atoms with Gasteiger partial charge in [-0.2, -0.15) is 0 Å². The summed E-state index contributed by atoms with van der Waals surface area (Å²) in [6.45, 7) is 0. The predicted molar refractivity (Wildman–Crippen MR) is 19.4 cm³/mol. The summed E-state index contributed by atoms with van der Waals surface area (Å²) in [6, 6.07) is 0. The van der Waals surface area contributed by atoms with Gasteiger partial charge in [0.1, 0.15) is 0 Å². The first-order valence-electron chi connectivity index (χ1n) is 0.601. The summed E-state index contributed by atoms with van der Waals surface area (Å²) in [5.41, 5.74) is 0. The predicted octanol–water partition coefficient (Wildman–Crippen LogP) is 0.800. The van der Waals surface area contributed by atoms with Gasteiger partial charge in [0.25, 0.3) is 0 Å². The van der Waals surface area contributed by atoms with Crippen LogP contribution in [-0.2, 0) is 4.57 Å². The van der Waals surface area contributed by atoms with Crippen LogP contribution in [0.4, 0.5) is 0 Å². The van der Waals surface area contributed by atoms with E-state index in [1.807, 2.05) is 0 Å². The van der Waals surface area contributed by atoms with Crippen molar-refractivity contribution in [2.45, 2.75) is 0 Å². The van der Waals surface area contributed by atoms with Crippen LogP contribution in [0.2, 0.25) is 0 Å². The summed E-state index contributed by atoms with van der Waals surface area (Å²) in [7, 11) is -0.0571. The van der Waals surface area contributed by atoms with E-state index < -0.39 is 0 Å². The Balaban J connectivity index is 2.30. The second-order valence-corrected chi connectivity index (χ2v) is 1.62. The van der Waals surface area contributed by atoms with Crippen molar-refractivity contribution >= 4 is 19.2 Å². The van der Waals surface area contributed by atoms with Crippen molar-refractivity contribution < 1.29 is 4.57 Å². The van der Waals surface area contributed by atoms with Gasteiger partial charge in [0, 0.05) is 11.6 Å². The van der Waals surface area contributed by atoms with E-state index in [9.17, 15) is 0 Å². The molecule has 0 aliphatic heterocycles. The van der Waals surface area contributed by atoms with E-state index in [4.69, 9.17) is 4.57 Å². The van der Waals surface area contributed by atoms with Gasteiger partial charge in [0.05, 0.1) is 0 Å². The first-order chi connectivity index (χ1) is 1.91. The maximum absolute atomic E-state index is 9.11. The molecule has 4 heteroatoms. The van der Waals surface area contributed by atoms with E-state index in [0.29, 0.717) is 0 Å². The number of rotatable bonds is 1. The summed E-state index contributed by atoms with van der Waals surface area (Å²) in [5, 5.41) is 4.62. The maximum atomic E-state index is 9.11. The molecule has 0 aromatic heterocycles. The Morgan fingerprint density at radius 1 is 2.00 bits per heavy atom. The molecule has 0 aliphatic rings. The monoisotopic (exact) mass is 95.0 g/mol. The van der Waals surface area contributed by atoms with Gasteiger partial charge in [0.2, 0.25) is 7.66 Å². The minimum Gasteiger partial charge on any atom is -0.267 e. The Labute approximate surface area is 29.8 Å². The Morgan fingerprint density at radius 3 is 2.25 bits per heavy atom. The smallest absolute Gasteiger partial charge is 0.243 e. The molecular weight excluding hydrogens is 93.0 g/mol. The molecule has 0 aromatic rings. The lowest BCUT2D eigenvalue weighted by Crippen LogP contribution is -1.59. The van der Waals surface area contributed by atoms with Crippen LogP contribution >= 0.6 is 19.2 Å². The molecule has 0 atom stereocenters. The average Bonchev–Trinajstić information content (AvgIpc) is 1.37. The Bertz CT molecular complexity index is 22.0. The van der Waals surface area contributed by atoms with E-state index in [2.05, 4.69) is 5.14 Å². The maximum Gasteiger partial charge on any atom is 0.243 e. The molecule has 2 nitrogen and oxygen atoms in total. The lowest BCUT2D eigenvalue weighted by molar-refractivity contribution is 0.605. The lowest BCUT2D eigenvalue weighted by Gasteiger charge is -1.52. The van der Waals surface area contributed by atoms with Crippen molar-refractivity contribution in [3.8, 4) is 0 Å². The van der Waals surface area contributed by atoms with Gasteiger partial charge in [0.15, 0.2) is 0 Å². The summed E-state index contributed by atoms with van der Waals surface area (Å²) in [4.78, 5) is 0. The molecule has 0 unspecified atom stereocenters. The van der Waals surface area contributed by atoms with Crippen molar-refractivity contribution in [1.29, 1.82) is 0 Å². The molecule has 0 heterocycles. The molecule has 0 saturated carbocycles. The molecule has 24 valence electrons. The molecule has 0 bridgehead atoms. The van der Waals surface area contributed by atoms with Crippen LogP contribution in [0.15, 0.2) is 0 Å². The van der Waals surface area contributed by atoms with Gasteiger partial charge < -0.3 is 0 Å². The summed E-state index contributed by atoms with van der Waals surface area (Å²) in [6.07, 6.45) is 0. The fraction of sp³-hybridized carbons (Fsp3) is 0. The van der Waals surface area contributed by atoms with Crippen LogP contribution in [0.3, 0.4) is 0 Å². The van der Waals surface area contributed by atoms with Gasteiger partial charge >= 0.3 is 0 Å². The van der Waals surface area contributed by atoms with Crippen LogP contribution in [0.25, 0.3) is 0 Å². The molecule has 0 radical (unpaired) electrons. The van der Waals surface area contributed by atoms with Crippen LogP contribution in [0, 0.1) is 0 Å². The molecule has 0 amide bonds. The van der Waals surface area contributed by atoms with Crippen molar-refractivity contribution in [2.75, 3.05) is 0 Å². The summed E-state index contributed by atoms with van der Waals surface area (Å²) in [5.74, 6) is 0. The van der Waals surface area contributed by atoms with E-state index in [0.717, 1.165) is 11.6 Å². The number of nitrogens with two attached hydrogens (primary N) is 1. The summed E-state index contributed by atoms with van der Waals surface area (Å²) < 4.78 is 9.11. The Kier molecular flexibility index (Phi) is 3.76. The van der Waals surface area contributed by atoms with E-state index in [-0.39, 0.29) is 7.66 Å². The van der Waals surface area contributed by atoms with E-state index in [1.54, 1.807) is 0 Å². The Morgan fingerprint density at radius 2 is 2.25 bits per heavy atom. The van der Waals surface area contributed by atoms with Gasteiger partial charge in [-0.1, -0.05) is 0 Å². The first kappa shape index (κ1) is 4.41. The lowest BCUT2D eigenvalue weighted by atomic mass is 14.0. The zero-order chi connectivity index (χ0) is 3.41. The fourth-order valence-corrected chi connectivity index (χ4v) is 0. The van der Waals surface area contributed by atoms with Crippen LogP contribution in [0.1, 0.15) is 0 Å². The molecule has 4 heavy (non-hydrogen) atoms. The third kappa shape index (κ3) is 2.41. The zero-order valence-corrected chi connectivity index (χ0v) is 3.55. The topological polar surface area (TPSA) is 43.1 Å². The minimum absolute atomic E-state index is 0.0571. The minimum atomic E-state index is -0.0571. The van der Waals surface area contributed by atoms with Crippen molar-refractivity contribution in [3.63, 3.8) is 0 Å². The molecule has 0 spiro atoms. The first-order valence-corrected chi connectivity index (χ1v) is 2.90. The van der Waals surface area contributed by atoms with Crippen LogP contribution < -0.4 is 5.14 Å². The van der Waals surface area contributed by atoms with E-state index >= 15 is 0 Å². The van der Waals surface area contributed by atoms with Gasteiger partial charge in [-0.05, 0) is 0 Å². The molecule has 0 saturated heterocycles. The molecular formula is H2NOPS. The number of hydrogen-bond acceptors (Lipinski definition) is 3. The van der Waals surface area contributed by atoms with Gasteiger partial charge in [-0.3, -0.25) is 9.70 Å². The highest BCUT2D eigenvalue weighted by Gasteiger charge is 1.55. The second kappa shape index (κ2) is 3.41. The van der Waals surface area contributed by atoms with Gasteiger partial charge in [-0.15, -0.1) is 0 Å². The zero-order valence-electron chi connectivity index (χ0n) is 1.84. The third-order valence-corrected chi connectivity index (χ3v) is 0.387. The van der Waals surface area contributed by atoms with Crippen LogP contribution in [0.5, 0.6) is 0 Å². The third-order valence-electron chi connectivity index (χ3n) is 0.0430. The highest BCUT2D eigenvalue weighted by atomic mass is 32.7. The van der Waals surface area contributed by atoms with Crippen molar-refractivity contribution in [1.82, 2.24) is 0 Å². The standard InChI is InChI=1S/H2NOPS/c1-4-3-2/h1H2. The normalized spacial score (nSPS) is 8.25. The molecule has 0 rings (SSSR count). The average molecular weight is 95.1 g/mol. The molecule has 0 aliphatic carbocycles. The largest absolute Gasteiger partial charge is 0.267 e. The van der Waals surface area contributed by atoms with Crippen LogP contribution in [-0.4, -0.2) is 0 Å².